The van der Waals surface area contributed by atoms with Crippen molar-refractivity contribution in [1.82, 2.24) is 25.1 Å². The zero-order valence-electron chi connectivity index (χ0n) is 19.0. The van der Waals surface area contributed by atoms with E-state index in [0.29, 0.717) is 28.1 Å². The third-order valence-corrected chi connectivity index (χ3v) is 6.26. The number of amides is 1. The molecule has 0 aliphatic heterocycles. The lowest BCUT2D eigenvalue weighted by Crippen LogP contribution is -2.29. The first-order chi connectivity index (χ1) is 16.9. The predicted molar refractivity (Wildman–Crippen MR) is 130 cm³/mol. The summed E-state index contributed by atoms with van der Waals surface area (Å²) in [6.07, 6.45) is 3.08. The van der Waals surface area contributed by atoms with Crippen molar-refractivity contribution in [3.8, 4) is 5.69 Å². The number of aromatic nitrogens is 4. The molecule has 0 saturated heterocycles. The third-order valence-electron chi connectivity index (χ3n) is 5.95. The predicted octanol–water partition coefficient (Wildman–Crippen LogP) is 5.38. The fourth-order valence-electron chi connectivity index (χ4n) is 3.89. The molecule has 35 heavy (non-hydrogen) atoms. The lowest BCUT2D eigenvalue weighted by Gasteiger charge is -2.16. The van der Waals surface area contributed by atoms with E-state index in [2.05, 4.69) is 20.5 Å². The summed E-state index contributed by atoms with van der Waals surface area (Å²) in [5.41, 5.74) is 5.21. The van der Waals surface area contributed by atoms with E-state index in [-0.39, 0.29) is 23.3 Å². The van der Waals surface area contributed by atoms with Crippen molar-refractivity contribution in [1.29, 1.82) is 0 Å². The lowest BCUT2D eigenvalue weighted by molar-refractivity contribution is 0.0952. The molecule has 9 heteroatoms. The molecular weight excluding hydrogens is 469 g/mol. The van der Waals surface area contributed by atoms with Gasteiger partial charge in [-0.2, -0.15) is 0 Å². The summed E-state index contributed by atoms with van der Waals surface area (Å²) in [6, 6.07) is 15.1. The van der Waals surface area contributed by atoms with E-state index >= 15 is 0 Å². The molecule has 1 unspecified atom stereocenters. The molecule has 1 amide bonds. The largest absolute Gasteiger partial charge is 0.440 e. The first-order valence-corrected chi connectivity index (χ1v) is 11.3. The minimum absolute atomic E-state index is 0.136. The van der Waals surface area contributed by atoms with Crippen LogP contribution in [0.15, 0.2) is 71.7 Å². The SMILES string of the molecule is Cc1cc2nc(C(CNC(=O)c3ccc(-n4cnnc4)cc3Cl)c3cccc(F)c3)oc2cc1C. The third kappa shape index (κ3) is 4.65. The van der Waals surface area contributed by atoms with Gasteiger partial charge in [-0.1, -0.05) is 23.7 Å². The van der Waals surface area contributed by atoms with Crippen LogP contribution in [0, 0.1) is 19.7 Å². The first-order valence-electron chi connectivity index (χ1n) is 10.9. The van der Waals surface area contributed by atoms with Crippen molar-refractivity contribution < 1.29 is 13.6 Å². The number of nitrogens with one attached hydrogen (secondary N) is 1. The van der Waals surface area contributed by atoms with Gasteiger partial charge in [0.05, 0.1) is 16.5 Å². The second kappa shape index (κ2) is 9.31. The van der Waals surface area contributed by atoms with Crippen LogP contribution in [-0.2, 0) is 0 Å². The Bertz CT molecular complexity index is 1490. The van der Waals surface area contributed by atoms with Crippen molar-refractivity contribution in [2.24, 2.45) is 0 Å². The number of carbonyl (C=O) groups is 1. The minimum Gasteiger partial charge on any atom is -0.440 e. The number of hydrogen-bond donors (Lipinski definition) is 1. The molecule has 1 atom stereocenters. The maximum Gasteiger partial charge on any atom is 0.252 e. The number of nitrogens with zero attached hydrogens (tertiary/aromatic N) is 4. The average Bonchev–Trinajstić information content (AvgIpc) is 3.50. The number of hydrogen-bond acceptors (Lipinski definition) is 5. The molecule has 0 bridgehead atoms. The molecule has 2 aromatic heterocycles. The molecule has 7 nitrogen and oxygen atoms in total. The van der Waals surface area contributed by atoms with E-state index in [1.165, 1.54) is 24.8 Å². The molecule has 0 fully saturated rings. The number of benzene rings is 3. The van der Waals surface area contributed by atoms with Crippen LogP contribution in [0.2, 0.25) is 5.02 Å². The van der Waals surface area contributed by atoms with E-state index in [0.717, 1.165) is 16.8 Å². The molecule has 176 valence electrons. The van der Waals surface area contributed by atoms with Gasteiger partial charge in [-0.15, -0.1) is 10.2 Å². The number of rotatable bonds is 6. The molecule has 3 aromatic carbocycles. The van der Waals surface area contributed by atoms with Gasteiger partial charge in [0.15, 0.2) is 5.58 Å². The Balaban J connectivity index is 1.43. The van der Waals surface area contributed by atoms with Crippen LogP contribution in [0.1, 0.15) is 38.9 Å². The molecule has 0 aliphatic rings. The van der Waals surface area contributed by atoms with Gasteiger partial charge in [0.2, 0.25) is 5.89 Å². The molecule has 0 radical (unpaired) electrons. The first kappa shape index (κ1) is 22.7. The van der Waals surface area contributed by atoms with Crippen LogP contribution in [-0.4, -0.2) is 32.2 Å². The Kier molecular flexibility index (Phi) is 6.05. The fourth-order valence-corrected chi connectivity index (χ4v) is 4.15. The zero-order chi connectivity index (χ0) is 24.5. The zero-order valence-corrected chi connectivity index (χ0v) is 19.8. The van der Waals surface area contributed by atoms with Crippen LogP contribution in [0.4, 0.5) is 4.39 Å². The Morgan fingerprint density at radius 2 is 1.86 bits per heavy atom. The smallest absolute Gasteiger partial charge is 0.252 e. The lowest BCUT2D eigenvalue weighted by atomic mass is 9.98. The minimum atomic E-state index is -0.502. The monoisotopic (exact) mass is 489 g/mol. The highest BCUT2D eigenvalue weighted by atomic mass is 35.5. The summed E-state index contributed by atoms with van der Waals surface area (Å²) in [7, 11) is 0. The van der Waals surface area contributed by atoms with Gasteiger partial charge in [0, 0.05) is 12.2 Å². The Hall–Kier alpha value is -4.04. The second-order valence-corrected chi connectivity index (χ2v) is 8.71. The average molecular weight is 490 g/mol. The van der Waals surface area contributed by atoms with E-state index in [4.69, 9.17) is 16.0 Å². The van der Waals surface area contributed by atoms with Crippen molar-refractivity contribution in [2.75, 3.05) is 6.54 Å². The van der Waals surface area contributed by atoms with Gasteiger partial charge in [0.1, 0.15) is 24.0 Å². The van der Waals surface area contributed by atoms with E-state index in [1.54, 1.807) is 34.9 Å². The molecule has 1 N–H and O–H groups in total. The summed E-state index contributed by atoms with van der Waals surface area (Å²) in [6.45, 7) is 4.14. The Morgan fingerprint density at radius 3 is 2.60 bits per heavy atom. The Labute approximate surface area is 205 Å². The van der Waals surface area contributed by atoms with Crippen molar-refractivity contribution in [2.45, 2.75) is 19.8 Å². The maximum atomic E-state index is 14.1. The van der Waals surface area contributed by atoms with E-state index < -0.39 is 5.92 Å². The van der Waals surface area contributed by atoms with Crippen molar-refractivity contribution in [3.63, 3.8) is 0 Å². The van der Waals surface area contributed by atoms with Gasteiger partial charge in [0.25, 0.3) is 5.91 Å². The van der Waals surface area contributed by atoms with Crippen LogP contribution in [0.3, 0.4) is 0 Å². The van der Waals surface area contributed by atoms with E-state index in [1.807, 2.05) is 26.0 Å². The number of aryl methyl sites for hydroxylation is 2. The van der Waals surface area contributed by atoms with E-state index in [9.17, 15) is 9.18 Å². The normalized spacial score (nSPS) is 12.1. The number of oxazole rings is 1. The van der Waals surface area contributed by atoms with Gasteiger partial charge < -0.3 is 9.73 Å². The highest BCUT2D eigenvalue weighted by Gasteiger charge is 2.23. The Morgan fingerprint density at radius 1 is 1.09 bits per heavy atom. The summed E-state index contributed by atoms with van der Waals surface area (Å²) in [5.74, 6) is -0.855. The summed E-state index contributed by atoms with van der Waals surface area (Å²) in [5, 5.41) is 10.7. The maximum absolute atomic E-state index is 14.1. The summed E-state index contributed by atoms with van der Waals surface area (Å²) in [4.78, 5) is 17.7. The van der Waals surface area contributed by atoms with Crippen LogP contribution < -0.4 is 5.32 Å². The number of halogens is 2. The number of carbonyl (C=O) groups excluding carboxylic acids is 1. The number of fused-ring (bicyclic) bond motifs is 1. The molecule has 0 spiro atoms. The van der Waals surface area contributed by atoms with Crippen molar-refractivity contribution >= 4 is 28.6 Å². The van der Waals surface area contributed by atoms with Gasteiger partial charge in [-0.25, -0.2) is 9.37 Å². The molecule has 0 aliphatic carbocycles. The molecular formula is C26H21ClFN5O2. The summed E-state index contributed by atoms with van der Waals surface area (Å²) < 4.78 is 21.8. The van der Waals surface area contributed by atoms with Crippen LogP contribution in [0.5, 0.6) is 0 Å². The molecule has 5 aromatic rings. The van der Waals surface area contributed by atoms with Crippen LogP contribution >= 0.6 is 11.6 Å². The highest BCUT2D eigenvalue weighted by molar-refractivity contribution is 6.34. The quantitative estimate of drug-likeness (QED) is 0.346. The molecule has 0 saturated carbocycles. The topological polar surface area (TPSA) is 85.8 Å². The molecule has 2 heterocycles. The summed E-state index contributed by atoms with van der Waals surface area (Å²) >= 11 is 6.40. The second-order valence-electron chi connectivity index (χ2n) is 8.31. The van der Waals surface area contributed by atoms with Gasteiger partial charge in [-0.3, -0.25) is 9.36 Å². The highest BCUT2D eigenvalue weighted by Crippen LogP contribution is 2.29. The van der Waals surface area contributed by atoms with Crippen molar-refractivity contribution in [3.05, 3.63) is 106 Å². The molecule has 5 rings (SSSR count). The van der Waals surface area contributed by atoms with Crippen LogP contribution in [0.25, 0.3) is 16.8 Å². The fraction of sp³-hybridized carbons (Fsp3) is 0.154. The van der Waals surface area contributed by atoms with Gasteiger partial charge >= 0.3 is 0 Å². The van der Waals surface area contributed by atoms with Gasteiger partial charge in [-0.05, 0) is 73.0 Å². The standard InChI is InChI=1S/C26H21ClFN5O2/c1-15-8-23-24(9-16(15)2)35-26(32-23)21(17-4-3-5-18(28)10-17)12-29-25(34)20-7-6-19(11-22(20)27)33-13-30-31-14-33/h3-11,13-14,21H,12H2,1-2H3,(H,29,34).